The molecule has 0 heterocycles. The van der Waals surface area contributed by atoms with E-state index in [9.17, 15) is 9.59 Å². The summed E-state index contributed by atoms with van der Waals surface area (Å²) in [6.07, 6.45) is 11.3. The molecule has 208 valence electrons. The van der Waals surface area contributed by atoms with Crippen molar-refractivity contribution in [1.29, 1.82) is 0 Å². The topological polar surface area (TPSA) is 94.3 Å². The Morgan fingerprint density at radius 2 is 1.68 bits per heavy atom. The third-order valence-corrected chi connectivity index (χ3v) is 7.78. The van der Waals surface area contributed by atoms with Crippen LogP contribution in [0.3, 0.4) is 0 Å². The van der Waals surface area contributed by atoms with Crippen LogP contribution in [0, 0.1) is 5.92 Å². The van der Waals surface area contributed by atoms with Crippen LogP contribution in [-0.2, 0) is 4.79 Å². The zero-order valence-corrected chi connectivity index (χ0v) is 24.0. The number of benzene rings is 1. The molecule has 8 nitrogen and oxygen atoms in total. The summed E-state index contributed by atoms with van der Waals surface area (Å²) in [5.41, 5.74) is 12.0. The number of anilines is 1. The number of nitrogens with one attached hydrogen (secondary N) is 1. The second-order valence-electron chi connectivity index (χ2n) is 10.8. The summed E-state index contributed by atoms with van der Waals surface area (Å²) in [7, 11) is 7.31. The zero-order chi connectivity index (χ0) is 27.5. The molecule has 0 aliphatic heterocycles. The maximum atomic E-state index is 12.7. The molecule has 1 aromatic rings. The molecule has 3 rings (SSSR count). The van der Waals surface area contributed by atoms with Gasteiger partial charge in [0.05, 0.1) is 17.4 Å². The first-order chi connectivity index (χ1) is 17.6. The van der Waals surface area contributed by atoms with E-state index in [1.165, 1.54) is 25.7 Å². The highest BCUT2D eigenvalue weighted by Gasteiger charge is 2.34. The van der Waals surface area contributed by atoms with Crippen LogP contribution in [0.25, 0.3) is 0 Å². The minimum atomic E-state index is -0.405. The van der Waals surface area contributed by atoms with Gasteiger partial charge in [-0.1, -0.05) is 33.1 Å². The number of unbranched alkanes of at least 4 members (excludes halogenated alkanes) is 2. The predicted molar refractivity (Wildman–Crippen MR) is 155 cm³/mol. The largest absolute Gasteiger partial charge is 0.345 e. The summed E-state index contributed by atoms with van der Waals surface area (Å²) < 4.78 is 0. The molecular weight excluding hydrogens is 464 g/mol. The van der Waals surface area contributed by atoms with E-state index in [0.717, 1.165) is 44.2 Å². The number of hydrogen-bond donors (Lipinski definition) is 2. The van der Waals surface area contributed by atoms with Gasteiger partial charge in [-0.05, 0) is 75.8 Å². The average molecular weight is 515 g/mol. The molecule has 0 saturated heterocycles. The summed E-state index contributed by atoms with van der Waals surface area (Å²) in [5, 5.41) is 1.95. The molecule has 8 heteroatoms. The van der Waals surface area contributed by atoms with E-state index in [4.69, 9.17) is 5.73 Å². The van der Waals surface area contributed by atoms with Gasteiger partial charge in [0.15, 0.2) is 0 Å². The van der Waals surface area contributed by atoms with E-state index in [1.54, 1.807) is 25.1 Å². The van der Waals surface area contributed by atoms with Gasteiger partial charge in [-0.3, -0.25) is 14.6 Å². The van der Waals surface area contributed by atoms with Gasteiger partial charge in [0.2, 0.25) is 5.91 Å². The minimum absolute atomic E-state index is 0.0655. The van der Waals surface area contributed by atoms with Crippen LogP contribution in [0.1, 0.15) is 88.4 Å². The molecular formula is C29H50N6O2. The summed E-state index contributed by atoms with van der Waals surface area (Å²) in [4.78, 5) is 32.5. The Morgan fingerprint density at radius 1 is 1.05 bits per heavy atom. The average Bonchev–Trinajstić information content (AvgIpc) is 2.87. The molecule has 0 spiro atoms. The molecule has 3 N–H and O–H groups in total. The molecule has 1 aromatic carbocycles. The van der Waals surface area contributed by atoms with Gasteiger partial charge in [0, 0.05) is 45.8 Å². The molecule has 2 fully saturated rings. The maximum Gasteiger partial charge on any atom is 0.253 e. The van der Waals surface area contributed by atoms with Crippen molar-refractivity contribution in [2.24, 2.45) is 16.6 Å². The number of carbonyl (C=O) groups is 2. The number of aliphatic imine (C=N–C) groups is 1. The van der Waals surface area contributed by atoms with E-state index in [0.29, 0.717) is 23.3 Å². The van der Waals surface area contributed by atoms with Crippen molar-refractivity contribution in [2.75, 3.05) is 33.2 Å². The Kier molecular flexibility index (Phi) is 12.5. The number of amides is 2. The van der Waals surface area contributed by atoms with Crippen LogP contribution in [0.4, 0.5) is 11.4 Å². The van der Waals surface area contributed by atoms with Crippen LogP contribution in [0.15, 0.2) is 23.2 Å². The first kappa shape index (κ1) is 30.8. The summed E-state index contributed by atoms with van der Waals surface area (Å²) in [5.74, 6) is 0.261. The van der Waals surface area contributed by atoms with Gasteiger partial charge in [0.1, 0.15) is 0 Å². The standard InChI is InChI=1S/C24H38N6O2.C5H12/c1-26-20-15-17(23(31)28(2)3)11-14-21(20)30(5)27-18-12-9-16(10-13-18)22(25)24(32)29(4)19-7-6-8-19;1-3-5-4-2/h11,14-16,18-19,22,27H,1,6-10,12-13,25H2,2-5H3;3-5H2,1-2H3/t16?,18?,22-;/m0./s1. The van der Waals surface area contributed by atoms with Crippen molar-refractivity contribution in [3.63, 3.8) is 0 Å². The first-order valence-corrected chi connectivity index (χ1v) is 14.0. The van der Waals surface area contributed by atoms with Gasteiger partial charge < -0.3 is 20.5 Å². The van der Waals surface area contributed by atoms with E-state index in [1.807, 2.05) is 36.1 Å². The molecule has 2 aliphatic carbocycles. The molecule has 37 heavy (non-hydrogen) atoms. The summed E-state index contributed by atoms with van der Waals surface area (Å²) >= 11 is 0. The van der Waals surface area contributed by atoms with Crippen LogP contribution < -0.4 is 16.2 Å². The Bertz CT molecular complexity index is 875. The van der Waals surface area contributed by atoms with Crippen LogP contribution in [0.5, 0.6) is 0 Å². The Hall–Kier alpha value is -2.45. The molecule has 2 amide bonds. The number of nitrogens with two attached hydrogens (primary N) is 1. The Balaban J connectivity index is 0.000000877. The fourth-order valence-electron chi connectivity index (χ4n) is 5.02. The number of rotatable bonds is 10. The van der Waals surface area contributed by atoms with Crippen LogP contribution in [0.2, 0.25) is 0 Å². The number of hydrogen-bond acceptors (Lipinski definition) is 6. The smallest absolute Gasteiger partial charge is 0.253 e. The van der Waals surface area contributed by atoms with Gasteiger partial charge in [-0.25, -0.2) is 5.43 Å². The van der Waals surface area contributed by atoms with Gasteiger partial charge >= 0.3 is 0 Å². The predicted octanol–water partition coefficient (Wildman–Crippen LogP) is 4.75. The van der Waals surface area contributed by atoms with Gasteiger partial charge in [0.25, 0.3) is 5.91 Å². The highest BCUT2D eigenvalue weighted by molar-refractivity contribution is 5.96. The molecule has 2 saturated carbocycles. The van der Waals surface area contributed by atoms with Crippen molar-refractivity contribution in [3.8, 4) is 0 Å². The Morgan fingerprint density at radius 3 is 2.14 bits per heavy atom. The third kappa shape index (κ3) is 8.54. The maximum absolute atomic E-state index is 12.7. The number of nitrogens with zero attached hydrogens (tertiary/aromatic N) is 4. The lowest BCUT2D eigenvalue weighted by Gasteiger charge is -2.39. The van der Waals surface area contributed by atoms with E-state index in [-0.39, 0.29) is 17.7 Å². The monoisotopic (exact) mass is 514 g/mol. The number of carbonyl (C=O) groups excluding carboxylic acids is 2. The summed E-state index contributed by atoms with van der Waals surface area (Å²) in [6.45, 7) is 8.09. The second kappa shape index (κ2) is 15.1. The second-order valence-corrected chi connectivity index (χ2v) is 10.8. The lowest BCUT2D eigenvalue weighted by Crippen LogP contribution is -2.53. The van der Waals surface area contributed by atoms with Crippen molar-refractivity contribution >= 4 is 29.9 Å². The van der Waals surface area contributed by atoms with Gasteiger partial charge in [-0.15, -0.1) is 0 Å². The van der Waals surface area contributed by atoms with Crippen molar-refractivity contribution in [2.45, 2.75) is 96.2 Å². The van der Waals surface area contributed by atoms with Crippen molar-refractivity contribution in [3.05, 3.63) is 23.8 Å². The molecule has 0 aromatic heterocycles. The molecule has 0 radical (unpaired) electrons. The summed E-state index contributed by atoms with van der Waals surface area (Å²) in [6, 6.07) is 5.74. The number of likely N-dealkylation sites (N-methyl/N-ethyl adjacent to an activating group) is 1. The minimum Gasteiger partial charge on any atom is -0.345 e. The highest BCUT2D eigenvalue weighted by Crippen LogP contribution is 2.32. The normalized spacial score (nSPS) is 20.1. The fourth-order valence-corrected chi connectivity index (χ4v) is 5.02. The Labute approximate surface area is 224 Å². The lowest BCUT2D eigenvalue weighted by atomic mass is 9.81. The highest BCUT2D eigenvalue weighted by atomic mass is 16.2. The molecule has 1 atom stereocenters. The SMILES string of the molecule is C=Nc1cc(C(=O)N(C)C)ccc1N(C)NC1CCC([C@H](N)C(=O)N(C)C2CCC2)CC1.CCCCC. The quantitative estimate of drug-likeness (QED) is 0.347. The zero-order valence-electron chi connectivity index (χ0n) is 24.0. The third-order valence-electron chi connectivity index (χ3n) is 7.78. The van der Waals surface area contributed by atoms with Crippen LogP contribution in [-0.4, -0.2) is 74.6 Å². The van der Waals surface area contributed by atoms with Crippen LogP contribution >= 0.6 is 0 Å². The lowest BCUT2D eigenvalue weighted by molar-refractivity contribution is -0.136. The van der Waals surface area contributed by atoms with E-state index < -0.39 is 6.04 Å². The fraction of sp³-hybridized carbons (Fsp3) is 0.690. The first-order valence-electron chi connectivity index (χ1n) is 14.0. The van der Waals surface area contributed by atoms with E-state index in [2.05, 4.69) is 31.0 Å². The van der Waals surface area contributed by atoms with Gasteiger partial charge in [-0.2, -0.15) is 0 Å². The molecule has 2 aliphatic rings. The van der Waals surface area contributed by atoms with E-state index >= 15 is 0 Å². The molecule has 0 bridgehead atoms. The molecule has 0 unspecified atom stereocenters. The van der Waals surface area contributed by atoms with Crippen molar-refractivity contribution in [1.82, 2.24) is 15.2 Å². The number of hydrazine groups is 1. The van der Waals surface area contributed by atoms with Crippen molar-refractivity contribution < 1.29 is 9.59 Å².